The molecule has 2 rings (SSSR count). The normalized spacial score (nSPS) is 15.4. The molecule has 21 heavy (non-hydrogen) atoms. The van der Waals surface area contributed by atoms with Crippen LogP contribution in [-0.4, -0.2) is 34.9 Å². The largest absolute Gasteiger partial charge is 0.381 e. The number of aromatic nitrogens is 2. The number of halogens is 1. The Morgan fingerprint density at radius 1 is 1.14 bits per heavy atom. The number of anilines is 2. The summed E-state index contributed by atoms with van der Waals surface area (Å²) >= 11 is 5.86. The number of amides is 1. The van der Waals surface area contributed by atoms with Gasteiger partial charge in [0.05, 0.1) is 0 Å². The number of nitrogens with two attached hydrogens (primary N) is 3. The number of guanidine groups is 1. The molecule has 2 heterocycles. The maximum absolute atomic E-state index is 12.1. The van der Waals surface area contributed by atoms with Crippen LogP contribution in [0.5, 0.6) is 0 Å². The van der Waals surface area contributed by atoms with E-state index in [9.17, 15) is 4.79 Å². The molecule has 1 aromatic rings. The number of rotatable bonds is 2. The molecule has 0 bridgehead atoms. The second-order valence-corrected chi connectivity index (χ2v) is 5.17. The highest BCUT2D eigenvalue weighted by Crippen LogP contribution is 2.25. The molecule has 0 spiro atoms. The van der Waals surface area contributed by atoms with Gasteiger partial charge in [-0.05, 0) is 12.8 Å². The van der Waals surface area contributed by atoms with E-state index in [-0.39, 0.29) is 22.6 Å². The van der Waals surface area contributed by atoms with E-state index in [2.05, 4.69) is 15.0 Å². The smallest absolute Gasteiger partial charge is 0.302 e. The Morgan fingerprint density at radius 3 is 2.33 bits per heavy atom. The van der Waals surface area contributed by atoms with Gasteiger partial charge in [0.1, 0.15) is 0 Å². The Labute approximate surface area is 127 Å². The van der Waals surface area contributed by atoms with Crippen molar-refractivity contribution in [3.05, 3.63) is 10.8 Å². The summed E-state index contributed by atoms with van der Waals surface area (Å²) < 4.78 is 0. The molecule has 0 saturated carbocycles. The zero-order valence-electron chi connectivity index (χ0n) is 11.5. The lowest BCUT2D eigenvalue weighted by atomic mass is 10.2. The standard InChI is InChI=1S/C12H18ClN7O/c13-8-9(14)18-10(20-5-3-1-2-4-6-20)7(17-8)11(21)19-12(15)16/h1-6H2,(H2,14,18)(H4,15,16,19,21). The fraction of sp³-hybridized carbons (Fsp3) is 0.500. The van der Waals surface area contributed by atoms with Crippen molar-refractivity contribution in [3.63, 3.8) is 0 Å². The third-order valence-electron chi connectivity index (χ3n) is 3.20. The van der Waals surface area contributed by atoms with Crippen molar-refractivity contribution in [2.24, 2.45) is 16.5 Å². The van der Waals surface area contributed by atoms with Gasteiger partial charge in [0.2, 0.25) is 0 Å². The molecule has 0 unspecified atom stereocenters. The van der Waals surface area contributed by atoms with Crippen LogP contribution >= 0.6 is 11.6 Å². The topological polar surface area (TPSA) is 137 Å². The van der Waals surface area contributed by atoms with E-state index in [0.29, 0.717) is 5.82 Å². The fourth-order valence-corrected chi connectivity index (χ4v) is 2.36. The SMILES string of the molecule is NC(N)=NC(=O)c1nc(Cl)c(N)nc1N1CCCCCC1. The van der Waals surface area contributed by atoms with Crippen molar-refractivity contribution >= 4 is 35.1 Å². The number of hydrogen-bond donors (Lipinski definition) is 3. The minimum absolute atomic E-state index is 0.0181. The van der Waals surface area contributed by atoms with Crippen LogP contribution in [0.25, 0.3) is 0 Å². The number of hydrogen-bond acceptors (Lipinski definition) is 5. The van der Waals surface area contributed by atoms with Crippen LogP contribution in [-0.2, 0) is 0 Å². The first-order chi connectivity index (χ1) is 9.99. The molecule has 1 aliphatic rings. The second-order valence-electron chi connectivity index (χ2n) is 4.81. The molecule has 0 aromatic carbocycles. The van der Waals surface area contributed by atoms with Gasteiger partial charge < -0.3 is 22.1 Å². The summed E-state index contributed by atoms with van der Waals surface area (Å²) in [6.45, 7) is 1.55. The lowest BCUT2D eigenvalue weighted by Gasteiger charge is -2.23. The van der Waals surface area contributed by atoms with Crippen molar-refractivity contribution in [2.45, 2.75) is 25.7 Å². The fourth-order valence-electron chi connectivity index (χ4n) is 2.24. The second kappa shape index (κ2) is 6.57. The summed E-state index contributed by atoms with van der Waals surface area (Å²) in [6.07, 6.45) is 4.31. The maximum Gasteiger partial charge on any atom is 0.302 e. The van der Waals surface area contributed by atoms with Crippen LogP contribution in [0.1, 0.15) is 36.2 Å². The Morgan fingerprint density at radius 2 is 1.76 bits per heavy atom. The quantitative estimate of drug-likeness (QED) is 0.534. The van der Waals surface area contributed by atoms with Crippen molar-refractivity contribution in [2.75, 3.05) is 23.7 Å². The molecule has 0 atom stereocenters. The van der Waals surface area contributed by atoms with Crippen molar-refractivity contribution in [3.8, 4) is 0 Å². The molecule has 1 amide bonds. The number of nitrogen functional groups attached to an aromatic ring is 1. The molecule has 6 N–H and O–H groups in total. The van der Waals surface area contributed by atoms with E-state index < -0.39 is 5.91 Å². The van der Waals surface area contributed by atoms with Gasteiger partial charge in [-0.3, -0.25) is 4.79 Å². The van der Waals surface area contributed by atoms with Crippen molar-refractivity contribution in [1.29, 1.82) is 0 Å². The first kappa shape index (κ1) is 15.3. The number of aliphatic imine (C=N–C) groups is 1. The highest BCUT2D eigenvalue weighted by Gasteiger charge is 2.23. The number of carbonyl (C=O) groups excluding carboxylic acids is 1. The summed E-state index contributed by atoms with van der Waals surface area (Å²) in [4.78, 5) is 25.8. The van der Waals surface area contributed by atoms with Gasteiger partial charge >= 0.3 is 5.91 Å². The minimum Gasteiger partial charge on any atom is -0.381 e. The Balaban J connectivity index is 2.44. The zero-order valence-corrected chi connectivity index (χ0v) is 12.3. The molecule has 114 valence electrons. The molecule has 1 fully saturated rings. The van der Waals surface area contributed by atoms with Crippen LogP contribution in [0, 0.1) is 0 Å². The number of nitrogens with zero attached hydrogens (tertiary/aromatic N) is 4. The minimum atomic E-state index is -0.677. The number of carbonyl (C=O) groups is 1. The van der Waals surface area contributed by atoms with E-state index in [4.69, 9.17) is 28.8 Å². The summed E-state index contributed by atoms with van der Waals surface area (Å²) in [7, 11) is 0. The Bertz CT molecular complexity index is 563. The van der Waals surface area contributed by atoms with E-state index >= 15 is 0 Å². The third kappa shape index (κ3) is 3.72. The van der Waals surface area contributed by atoms with Crippen molar-refractivity contribution in [1.82, 2.24) is 9.97 Å². The zero-order chi connectivity index (χ0) is 15.4. The molecule has 1 saturated heterocycles. The molecule has 1 aromatic heterocycles. The van der Waals surface area contributed by atoms with Crippen molar-refractivity contribution < 1.29 is 4.79 Å². The van der Waals surface area contributed by atoms with Gasteiger partial charge in [0.25, 0.3) is 0 Å². The predicted octanol–water partition coefficient (Wildman–Crippen LogP) is 0.506. The Kier molecular flexibility index (Phi) is 4.79. The van der Waals surface area contributed by atoms with Crippen LogP contribution in [0.15, 0.2) is 4.99 Å². The first-order valence-electron chi connectivity index (χ1n) is 6.71. The van der Waals surface area contributed by atoms with Crippen LogP contribution in [0.4, 0.5) is 11.6 Å². The van der Waals surface area contributed by atoms with Crippen LogP contribution in [0.3, 0.4) is 0 Å². The molecule has 0 radical (unpaired) electrons. The predicted molar refractivity (Wildman–Crippen MR) is 82.3 cm³/mol. The van der Waals surface area contributed by atoms with Crippen LogP contribution in [0.2, 0.25) is 5.15 Å². The molecule has 8 nitrogen and oxygen atoms in total. The van der Waals surface area contributed by atoms with Gasteiger partial charge in [0.15, 0.2) is 28.4 Å². The van der Waals surface area contributed by atoms with Gasteiger partial charge in [-0.1, -0.05) is 24.4 Å². The Hall–Kier alpha value is -2.09. The summed E-state index contributed by atoms with van der Waals surface area (Å²) in [5, 5.41) is -0.0392. The molecular formula is C12H18ClN7O. The molecule has 9 heteroatoms. The van der Waals surface area contributed by atoms with E-state index in [1.54, 1.807) is 0 Å². The van der Waals surface area contributed by atoms with E-state index in [1.807, 2.05) is 4.90 Å². The monoisotopic (exact) mass is 311 g/mol. The highest BCUT2D eigenvalue weighted by atomic mass is 35.5. The maximum atomic E-state index is 12.1. The lowest BCUT2D eigenvalue weighted by molar-refractivity contribution is 0.0998. The van der Waals surface area contributed by atoms with Gasteiger partial charge in [-0.2, -0.15) is 4.99 Å². The summed E-state index contributed by atoms with van der Waals surface area (Å²) in [5.41, 5.74) is 16.2. The first-order valence-corrected chi connectivity index (χ1v) is 7.08. The van der Waals surface area contributed by atoms with Gasteiger partial charge in [-0.15, -0.1) is 0 Å². The average Bonchev–Trinajstić information content (AvgIpc) is 2.69. The molecular weight excluding hydrogens is 294 g/mol. The van der Waals surface area contributed by atoms with Crippen LogP contribution < -0.4 is 22.1 Å². The highest BCUT2D eigenvalue weighted by molar-refractivity contribution is 6.31. The summed E-state index contributed by atoms with van der Waals surface area (Å²) in [6, 6.07) is 0. The third-order valence-corrected chi connectivity index (χ3v) is 3.48. The summed E-state index contributed by atoms with van der Waals surface area (Å²) in [5.74, 6) is -0.550. The van der Waals surface area contributed by atoms with E-state index in [1.165, 1.54) is 0 Å². The van der Waals surface area contributed by atoms with Gasteiger partial charge in [-0.25, -0.2) is 9.97 Å². The average molecular weight is 312 g/mol. The lowest BCUT2D eigenvalue weighted by Crippen LogP contribution is -2.29. The molecule has 0 aliphatic carbocycles. The van der Waals surface area contributed by atoms with E-state index in [0.717, 1.165) is 38.8 Å². The van der Waals surface area contributed by atoms with Gasteiger partial charge in [0, 0.05) is 13.1 Å². The molecule has 1 aliphatic heterocycles.